The van der Waals surface area contributed by atoms with E-state index in [-0.39, 0.29) is 0 Å². The van der Waals surface area contributed by atoms with Gasteiger partial charge in [0.2, 0.25) is 0 Å². The zero-order valence-electron chi connectivity index (χ0n) is 9.99. The van der Waals surface area contributed by atoms with Crippen molar-refractivity contribution in [1.29, 1.82) is 0 Å². The SMILES string of the molecule is CC(CN)COc1c(I)cc(Cl)c2cccnc12. The van der Waals surface area contributed by atoms with Crippen molar-refractivity contribution in [2.45, 2.75) is 6.92 Å². The molecule has 0 aliphatic rings. The maximum Gasteiger partial charge on any atom is 0.158 e. The van der Waals surface area contributed by atoms with Crippen LogP contribution in [0.5, 0.6) is 5.75 Å². The number of halogens is 2. The molecule has 18 heavy (non-hydrogen) atoms. The molecule has 1 aromatic heterocycles. The van der Waals surface area contributed by atoms with Gasteiger partial charge in [-0.2, -0.15) is 0 Å². The van der Waals surface area contributed by atoms with E-state index in [4.69, 9.17) is 22.1 Å². The number of pyridine rings is 1. The van der Waals surface area contributed by atoms with E-state index in [0.29, 0.717) is 24.1 Å². The molecule has 2 rings (SSSR count). The second kappa shape index (κ2) is 6.04. The van der Waals surface area contributed by atoms with E-state index in [1.54, 1.807) is 6.20 Å². The van der Waals surface area contributed by atoms with Crippen LogP contribution in [0, 0.1) is 9.49 Å². The molecule has 0 radical (unpaired) electrons. The molecule has 0 aliphatic carbocycles. The molecule has 0 bridgehead atoms. The Morgan fingerprint density at radius 1 is 1.56 bits per heavy atom. The third kappa shape index (κ3) is 2.87. The van der Waals surface area contributed by atoms with Crippen LogP contribution < -0.4 is 10.5 Å². The Morgan fingerprint density at radius 2 is 2.33 bits per heavy atom. The van der Waals surface area contributed by atoms with Gasteiger partial charge in [0.15, 0.2) is 5.75 Å². The van der Waals surface area contributed by atoms with E-state index >= 15 is 0 Å². The summed E-state index contributed by atoms with van der Waals surface area (Å²) in [6.07, 6.45) is 1.74. The summed E-state index contributed by atoms with van der Waals surface area (Å²) in [5.41, 5.74) is 6.40. The highest BCUT2D eigenvalue weighted by Gasteiger charge is 2.12. The molecule has 3 nitrogen and oxygen atoms in total. The Kier molecular flexibility index (Phi) is 4.64. The van der Waals surface area contributed by atoms with Crippen LogP contribution in [0.1, 0.15) is 6.92 Å². The van der Waals surface area contributed by atoms with E-state index in [1.165, 1.54) is 0 Å². The molecule has 0 amide bonds. The van der Waals surface area contributed by atoms with Crippen molar-refractivity contribution in [2.24, 2.45) is 11.7 Å². The van der Waals surface area contributed by atoms with Gasteiger partial charge in [-0.3, -0.25) is 4.98 Å². The zero-order chi connectivity index (χ0) is 13.1. The summed E-state index contributed by atoms with van der Waals surface area (Å²) in [7, 11) is 0. The van der Waals surface area contributed by atoms with Gasteiger partial charge in [0, 0.05) is 17.5 Å². The van der Waals surface area contributed by atoms with Gasteiger partial charge >= 0.3 is 0 Å². The molecule has 0 aliphatic heterocycles. The summed E-state index contributed by atoms with van der Waals surface area (Å²) in [4.78, 5) is 4.36. The fourth-order valence-electron chi connectivity index (χ4n) is 1.58. The van der Waals surface area contributed by atoms with E-state index in [9.17, 15) is 0 Å². The average Bonchev–Trinajstić information content (AvgIpc) is 2.38. The molecule has 5 heteroatoms. The van der Waals surface area contributed by atoms with Crippen molar-refractivity contribution in [2.75, 3.05) is 13.2 Å². The highest BCUT2D eigenvalue weighted by Crippen LogP contribution is 2.34. The Labute approximate surface area is 125 Å². The van der Waals surface area contributed by atoms with Gasteiger partial charge in [-0.15, -0.1) is 0 Å². The normalized spacial score (nSPS) is 12.7. The minimum atomic E-state index is 0.315. The summed E-state index contributed by atoms with van der Waals surface area (Å²) in [5, 5.41) is 1.61. The van der Waals surface area contributed by atoms with E-state index in [2.05, 4.69) is 34.5 Å². The molecule has 1 atom stereocenters. The van der Waals surface area contributed by atoms with Crippen molar-refractivity contribution >= 4 is 45.1 Å². The lowest BCUT2D eigenvalue weighted by molar-refractivity contribution is 0.265. The highest BCUT2D eigenvalue weighted by molar-refractivity contribution is 14.1. The molecular formula is C13H14ClIN2O. The number of ether oxygens (including phenoxy) is 1. The van der Waals surface area contributed by atoms with Crippen molar-refractivity contribution in [1.82, 2.24) is 4.98 Å². The van der Waals surface area contributed by atoms with Gasteiger partial charge < -0.3 is 10.5 Å². The number of fused-ring (bicyclic) bond motifs is 1. The smallest absolute Gasteiger partial charge is 0.158 e. The largest absolute Gasteiger partial charge is 0.490 e. The summed E-state index contributed by atoms with van der Waals surface area (Å²) >= 11 is 8.42. The first-order valence-electron chi connectivity index (χ1n) is 5.69. The van der Waals surface area contributed by atoms with Crippen LogP contribution in [0.2, 0.25) is 5.02 Å². The standard InChI is InChI=1S/C13H14ClIN2O/c1-8(6-16)7-18-13-11(15)5-10(14)9-3-2-4-17-12(9)13/h2-5,8H,6-7,16H2,1H3. The van der Waals surface area contributed by atoms with Crippen LogP contribution >= 0.6 is 34.2 Å². The topological polar surface area (TPSA) is 48.1 Å². The van der Waals surface area contributed by atoms with Gasteiger partial charge in [0.05, 0.1) is 15.2 Å². The van der Waals surface area contributed by atoms with Crippen LogP contribution in [-0.4, -0.2) is 18.1 Å². The Balaban J connectivity index is 2.43. The van der Waals surface area contributed by atoms with E-state index in [0.717, 1.165) is 20.2 Å². The predicted octanol–water partition coefficient (Wildman–Crippen LogP) is 3.47. The summed E-state index contributed by atoms with van der Waals surface area (Å²) in [6, 6.07) is 5.71. The van der Waals surface area contributed by atoms with E-state index < -0.39 is 0 Å². The molecule has 0 saturated heterocycles. The van der Waals surface area contributed by atoms with Crippen molar-refractivity contribution < 1.29 is 4.74 Å². The number of aromatic nitrogens is 1. The Morgan fingerprint density at radius 3 is 3.06 bits per heavy atom. The maximum atomic E-state index is 6.20. The highest BCUT2D eigenvalue weighted by atomic mass is 127. The molecule has 2 N–H and O–H groups in total. The molecule has 0 saturated carbocycles. The van der Waals surface area contributed by atoms with Crippen LogP contribution in [0.25, 0.3) is 10.9 Å². The number of benzene rings is 1. The lowest BCUT2D eigenvalue weighted by atomic mass is 10.2. The van der Waals surface area contributed by atoms with Gasteiger partial charge in [0.1, 0.15) is 5.52 Å². The molecule has 0 spiro atoms. The van der Waals surface area contributed by atoms with Gasteiger partial charge in [-0.05, 0) is 47.3 Å². The fourth-order valence-corrected chi connectivity index (χ4v) is 2.75. The zero-order valence-corrected chi connectivity index (χ0v) is 12.9. The molecular weight excluding hydrogens is 363 g/mol. The summed E-state index contributed by atoms with van der Waals surface area (Å²) < 4.78 is 6.81. The minimum absolute atomic E-state index is 0.315. The molecule has 1 aromatic carbocycles. The number of nitrogens with zero attached hydrogens (tertiary/aromatic N) is 1. The quantitative estimate of drug-likeness (QED) is 0.831. The van der Waals surface area contributed by atoms with Crippen LogP contribution in [0.4, 0.5) is 0 Å². The Hall–Kier alpha value is -0.590. The molecule has 2 aromatic rings. The minimum Gasteiger partial charge on any atom is -0.490 e. The number of hydrogen-bond donors (Lipinski definition) is 1. The molecule has 1 unspecified atom stereocenters. The molecule has 0 fully saturated rings. The van der Waals surface area contributed by atoms with Gasteiger partial charge in [-0.1, -0.05) is 18.5 Å². The lowest BCUT2D eigenvalue weighted by Gasteiger charge is -2.14. The van der Waals surface area contributed by atoms with Crippen molar-refractivity contribution in [3.8, 4) is 5.75 Å². The monoisotopic (exact) mass is 376 g/mol. The second-order valence-electron chi connectivity index (χ2n) is 4.22. The van der Waals surface area contributed by atoms with Crippen molar-refractivity contribution in [3.63, 3.8) is 0 Å². The molecule has 1 heterocycles. The second-order valence-corrected chi connectivity index (χ2v) is 5.79. The first-order valence-corrected chi connectivity index (χ1v) is 7.14. The van der Waals surface area contributed by atoms with Gasteiger partial charge in [0.25, 0.3) is 0 Å². The fraction of sp³-hybridized carbons (Fsp3) is 0.308. The first kappa shape index (κ1) is 13.8. The lowest BCUT2D eigenvalue weighted by Crippen LogP contribution is -2.18. The van der Waals surface area contributed by atoms with E-state index in [1.807, 2.05) is 18.2 Å². The summed E-state index contributed by atoms with van der Waals surface area (Å²) in [5.74, 6) is 1.10. The Bertz CT molecular complexity index is 562. The number of nitrogens with two attached hydrogens (primary N) is 1. The average molecular weight is 377 g/mol. The van der Waals surface area contributed by atoms with Crippen molar-refractivity contribution in [3.05, 3.63) is 33.0 Å². The maximum absolute atomic E-state index is 6.20. The summed E-state index contributed by atoms with van der Waals surface area (Å²) in [6.45, 7) is 3.24. The first-order chi connectivity index (χ1) is 8.63. The van der Waals surface area contributed by atoms with Crippen LogP contribution in [0.15, 0.2) is 24.4 Å². The molecule has 96 valence electrons. The third-order valence-electron chi connectivity index (χ3n) is 2.67. The third-order valence-corrected chi connectivity index (χ3v) is 3.78. The van der Waals surface area contributed by atoms with Gasteiger partial charge in [-0.25, -0.2) is 0 Å². The number of rotatable bonds is 4. The van der Waals surface area contributed by atoms with Crippen LogP contribution in [-0.2, 0) is 0 Å². The number of hydrogen-bond acceptors (Lipinski definition) is 3. The van der Waals surface area contributed by atoms with Crippen LogP contribution in [0.3, 0.4) is 0 Å². The predicted molar refractivity (Wildman–Crippen MR) is 83.2 cm³/mol.